The molecule has 1 nitrogen and oxygen atoms in total. The Balaban J connectivity index is 0.00000188. The fourth-order valence-corrected chi connectivity index (χ4v) is 8.59. The van der Waals surface area contributed by atoms with Crippen LogP contribution in [0.2, 0.25) is 0 Å². The molecule has 0 saturated heterocycles. The fraction of sp³-hybridized carbons (Fsp3) is 0.0698. The quantitative estimate of drug-likeness (QED) is 0.0776. The van der Waals surface area contributed by atoms with E-state index in [9.17, 15) is 17.6 Å². The fourth-order valence-electron chi connectivity index (χ4n) is 8.59. The molecule has 0 aliphatic heterocycles. The second-order valence-electron chi connectivity index (χ2n) is 15.8. The van der Waals surface area contributed by atoms with Gasteiger partial charge < -0.3 is 4.90 Å². The van der Waals surface area contributed by atoms with Gasteiger partial charge in [0.2, 0.25) is 0 Å². The second-order valence-corrected chi connectivity index (χ2v) is 15.8. The normalized spacial score (nSPS) is 12.2. The summed E-state index contributed by atoms with van der Waals surface area (Å²) in [5.41, 5.74) is -15.5. The number of quaternary nitrogens is 1. The molecule has 8 aromatic carbocycles. The number of hydrogen-bond donors (Lipinski definition) is 1. The van der Waals surface area contributed by atoms with E-state index in [0.717, 1.165) is 0 Å². The highest BCUT2D eigenvalue weighted by Gasteiger charge is 2.52. The van der Waals surface area contributed by atoms with Crippen LogP contribution in [0.4, 0.5) is 123 Å². The molecule has 0 bridgehead atoms. The van der Waals surface area contributed by atoms with E-state index in [1.165, 1.54) is 4.90 Å². The molecule has 0 saturated carbocycles. The molecule has 8 aromatic rings. The minimum Gasteiger partial charge on any atom is -0.342 e. The van der Waals surface area contributed by atoms with Crippen molar-refractivity contribution in [2.24, 2.45) is 0 Å². The zero-order chi connectivity index (χ0) is 55.2. The van der Waals surface area contributed by atoms with Crippen molar-refractivity contribution in [1.29, 1.82) is 0 Å². The zero-order valence-corrected chi connectivity index (χ0v) is 34.7. The first-order valence-corrected chi connectivity index (χ1v) is 18.9. The van der Waals surface area contributed by atoms with Crippen LogP contribution < -0.4 is 26.8 Å². The van der Waals surface area contributed by atoms with E-state index >= 15 is 105 Å². The van der Waals surface area contributed by atoms with Gasteiger partial charge in [0.1, 0.15) is 29.4 Å². The van der Waals surface area contributed by atoms with Gasteiger partial charge in [0.25, 0.3) is 0 Å². The van der Waals surface area contributed by atoms with Crippen LogP contribution in [0.15, 0.2) is 0 Å². The lowest BCUT2D eigenvalue weighted by Gasteiger charge is -2.47. The Labute approximate surface area is 382 Å². The van der Waals surface area contributed by atoms with Crippen molar-refractivity contribution in [3.05, 3.63) is 163 Å². The molecule has 386 valence electrons. The SMILES string of the molecule is C[NH+](C)C.Fc1c(F)c(F)c2c([B-](c3c(F)c(F)c(F)c4c(F)c(F)c(F)c(F)c34)(c3c(F)c(F)c(F)c4c(F)c(F)c(F)c(F)c34)c3c(F)c(F)c(F)c4c(F)c(F)c(F)c(F)c34)c(F)c(F)c(F)c2c1F. The van der Waals surface area contributed by atoms with E-state index in [2.05, 4.69) is 21.1 Å². The summed E-state index contributed by atoms with van der Waals surface area (Å²) in [5, 5.41) is -27.0. The largest absolute Gasteiger partial charge is 0.342 e. The van der Waals surface area contributed by atoms with Crippen LogP contribution in [0.5, 0.6) is 0 Å². The summed E-state index contributed by atoms with van der Waals surface area (Å²) < 4.78 is 446. The topological polar surface area (TPSA) is 4.44 Å². The molecule has 0 unspecified atom stereocenters. The van der Waals surface area contributed by atoms with Crippen LogP contribution in [0.25, 0.3) is 43.1 Å². The molecule has 0 aromatic heterocycles. The maximum Gasteiger partial charge on any atom is 0.198 e. The number of benzene rings is 8. The monoisotopic (exact) mass is 1080 g/mol. The summed E-state index contributed by atoms with van der Waals surface area (Å²) >= 11 is 0. The average molecular weight is 1080 g/mol. The lowest BCUT2D eigenvalue weighted by atomic mass is 9.11. The third-order valence-corrected chi connectivity index (χ3v) is 11.2. The maximum absolute atomic E-state index is 17.3. The average Bonchev–Trinajstić information content (AvgIpc) is 3.34. The Morgan fingerprint density at radius 3 is 0.384 bits per heavy atom. The molecule has 30 heteroatoms. The molecular weight excluding hydrogens is 1070 g/mol. The second kappa shape index (κ2) is 17.8. The molecule has 0 atom stereocenters. The van der Waals surface area contributed by atoms with E-state index in [0.29, 0.717) is 0 Å². The Morgan fingerprint density at radius 2 is 0.260 bits per heavy atom. The van der Waals surface area contributed by atoms with Gasteiger partial charge in [-0.25, -0.2) is 123 Å². The van der Waals surface area contributed by atoms with Crippen LogP contribution in [-0.2, 0) is 0 Å². The van der Waals surface area contributed by atoms with Crippen LogP contribution in [0.1, 0.15) is 0 Å². The molecule has 8 rings (SSSR count). The van der Waals surface area contributed by atoms with Gasteiger partial charge in [0.05, 0.1) is 42.7 Å². The Hall–Kier alpha value is -7.14. The number of halogens is 28. The van der Waals surface area contributed by atoms with Gasteiger partial charge in [0.15, 0.2) is 140 Å². The summed E-state index contributed by atoms with van der Waals surface area (Å²) in [5.74, 6) is -104. The highest BCUT2D eigenvalue weighted by molar-refractivity contribution is 7.23. The number of rotatable bonds is 4. The predicted octanol–water partition coefficient (Wildman–Crippen LogP) is 10.3. The van der Waals surface area contributed by atoms with Crippen LogP contribution in [-0.4, -0.2) is 27.3 Å². The highest BCUT2D eigenvalue weighted by atomic mass is 19.2. The summed E-state index contributed by atoms with van der Waals surface area (Å²) in [6.45, 7) is 0. The van der Waals surface area contributed by atoms with Crippen molar-refractivity contribution in [3.8, 4) is 0 Å². The third kappa shape index (κ3) is 6.89. The van der Waals surface area contributed by atoms with Gasteiger partial charge in [-0.2, -0.15) is 0 Å². The van der Waals surface area contributed by atoms with Gasteiger partial charge >= 0.3 is 0 Å². The van der Waals surface area contributed by atoms with Gasteiger partial charge in [-0.05, 0) is 21.5 Å². The smallest absolute Gasteiger partial charge is 0.198 e. The Morgan fingerprint density at radius 1 is 0.164 bits per heavy atom. The van der Waals surface area contributed by atoms with Crippen molar-refractivity contribution < 1.29 is 128 Å². The van der Waals surface area contributed by atoms with Crippen molar-refractivity contribution in [2.75, 3.05) is 21.1 Å². The number of nitrogens with one attached hydrogen (secondary N) is 1. The minimum absolute atomic E-state index is 1.42. The highest BCUT2D eigenvalue weighted by Crippen LogP contribution is 2.42. The molecule has 0 aliphatic rings. The summed E-state index contributed by atoms with van der Waals surface area (Å²) in [4.78, 5) is 1.42. The predicted molar refractivity (Wildman–Crippen MR) is 198 cm³/mol. The Kier molecular flexibility index (Phi) is 13.1. The molecule has 0 spiro atoms. The van der Waals surface area contributed by atoms with Crippen molar-refractivity contribution >= 4 is 71.1 Å². The summed E-state index contributed by atoms with van der Waals surface area (Å²) in [6, 6.07) is 0. The minimum atomic E-state index is -8.05. The molecule has 0 amide bonds. The molecule has 0 radical (unpaired) electrons. The summed E-state index contributed by atoms with van der Waals surface area (Å²) in [6.07, 6.45) is -8.05. The molecule has 0 aliphatic carbocycles. The molecule has 73 heavy (non-hydrogen) atoms. The van der Waals surface area contributed by atoms with Crippen LogP contribution in [0.3, 0.4) is 0 Å². The molecular formula is C43H10BF28N. The standard InChI is InChI=1S/C40BF28.C3H9N/c42-13-1-5(21(50)37(66)33(13)62)17(46)29(58)25(54)9(1)41(10-2-6(18(47)30(59)26(10)55)22(51)38(67)34(63)14(2)43,11-3-7(19(48)31(60)27(11)56)23(52)39(68)35(64)15(3)44)12-4-8(20(49)32(61)28(12)57)24(53)40(69)36(65)16(4)45;1-4(2)3/h;1-3H3/q-1;/p+1. The maximum atomic E-state index is 17.3. The van der Waals surface area contributed by atoms with Crippen LogP contribution in [0, 0.1) is 163 Å². The first-order valence-electron chi connectivity index (χ1n) is 18.9. The lowest BCUT2D eigenvalue weighted by molar-refractivity contribution is -0.836. The molecule has 0 heterocycles. The lowest BCUT2D eigenvalue weighted by Crippen LogP contribution is -3.02. The van der Waals surface area contributed by atoms with Crippen molar-refractivity contribution in [3.63, 3.8) is 0 Å². The van der Waals surface area contributed by atoms with E-state index in [1.54, 1.807) is 0 Å². The third-order valence-electron chi connectivity index (χ3n) is 11.2. The van der Waals surface area contributed by atoms with Gasteiger partial charge in [-0.3, -0.25) is 0 Å². The van der Waals surface area contributed by atoms with Crippen LogP contribution >= 0.6 is 0 Å². The van der Waals surface area contributed by atoms with Crippen molar-refractivity contribution in [1.82, 2.24) is 0 Å². The first-order chi connectivity index (χ1) is 33.7. The van der Waals surface area contributed by atoms with Crippen molar-refractivity contribution in [2.45, 2.75) is 0 Å². The van der Waals surface area contributed by atoms with E-state index < -0.39 is 234 Å². The summed E-state index contributed by atoms with van der Waals surface area (Å²) in [7, 11) is 6.25. The van der Waals surface area contributed by atoms with E-state index in [1.807, 2.05) is 0 Å². The Bertz CT molecular complexity index is 3310. The number of hydrogen-bond acceptors (Lipinski definition) is 0. The van der Waals surface area contributed by atoms with Gasteiger partial charge in [-0.15, -0.1) is 21.9 Å². The first kappa shape index (κ1) is 53.7. The zero-order valence-electron chi connectivity index (χ0n) is 34.7. The van der Waals surface area contributed by atoms with E-state index in [-0.39, 0.29) is 0 Å². The number of fused-ring (bicyclic) bond motifs is 4. The molecule has 0 fully saturated rings. The van der Waals surface area contributed by atoms with Gasteiger partial charge in [-0.1, -0.05) is 0 Å². The van der Waals surface area contributed by atoms with Gasteiger partial charge in [0, 0.05) is 0 Å². The molecule has 1 N–H and O–H groups in total. The van der Waals surface area contributed by atoms with E-state index in [4.69, 9.17) is 0 Å².